The molecule has 0 saturated carbocycles. The summed E-state index contributed by atoms with van der Waals surface area (Å²) in [6, 6.07) is 1.08. The van der Waals surface area contributed by atoms with E-state index in [9.17, 15) is 41.1 Å². The summed E-state index contributed by atoms with van der Waals surface area (Å²) in [6.07, 6.45) is -2.23. The number of allylic oxidation sites excluding steroid dienone is 2. The number of carbonyl (C=O) groups is 4. The minimum absolute atomic E-state index is 0.0318. The number of ether oxygens (including phenoxy) is 1. The monoisotopic (exact) mass is 590 g/mol. The van der Waals surface area contributed by atoms with Gasteiger partial charge in [-0.2, -0.15) is 22.0 Å². The van der Waals surface area contributed by atoms with Crippen molar-refractivity contribution in [2.75, 3.05) is 6.54 Å². The van der Waals surface area contributed by atoms with Gasteiger partial charge < -0.3 is 15.0 Å². The van der Waals surface area contributed by atoms with Gasteiger partial charge in [0, 0.05) is 32.3 Å². The molecule has 1 aliphatic heterocycles. The molecule has 9 nitrogen and oxygen atoms in total. The predicted octanol–water partition coefficient (Wildman–Crippen LogP) is 3.89. The van der Waals surface area contributed by atoms with Crippen molar-refractivity contribution in [1.82, 2.24) is 20.5 Å². The molecule has 3 amide bonds. The number of esters is 1. The van der Waals surface area contributed by atoms with Crippen LogP contribution in [-0.4, -0.2) is 64.3 Å². The van der Waals surface area contributed by atoms with E-state index in [4.69, 9.17) is 0 Å². The van der Waals surface area contributed by atoms with E-state index in [0.717, 1.165) is 10.5 Å². The van der Waals surface area contributed by atoms with Crippen molar-refractivity contribution >= 4 is 23.7 Å². The molecule has 2 rings (SSSR count). The SMILES string of the molecule is CC(=O)O/C(=C(/C(C)C)N1CCC[C@H]1C(=O)NC(=O)[C@@H](NC(=O)CCc1cccnc1)C(C)C)C(F)(F)C(F)(F)F. The van der Waals surface area contributed by atoms with Crippen LogP contribution in [0.15, 0.2) is 36.0 Å². The lowest BCUT2D eigenvalue weighted by Gasteiger charge is -2.34. The van der Waals surface area contributed by atoms with Crippen LogP contribution in [0.2, 0.25) is 0 Å². The first-order valence-electron chi connectivity index (χ1n) is 13.1. The molecule has 0 bridgehead atoms. The Kier molecular flexibility index (Phi) is 11.4. The topological polar surface area (TPSA) is 118 Å². The minimum Gasteiger partial charge on any atom is -0.422 e. The highest BCUT2D eigenvalue weighted by molar-refractivity contribution is 6.01. The average molecular weight is 591 g/mol. The molecule has 14 heteroatoms. The van der Waals surface area contributed by atoms with Crippen molar-refractivity contribution in [2.24, 2.45) is 11.8 Å². The second-order valence-electron chi connectivity index (χ2n) is 10.4. The van der Waals surface area contributed by atoms with Gasteiger partial charge in [-0.15, -0.1) is 0 Å². The van der Waals surface area contributed by atoms with Crippen LogP contribution in [0, 0.1) is 11.8 Å². The van der Waals surface area contributed by atoms with Crippen LogP contribution in [0.4, 0.5) is 22.0 Å². The summed E-state index contributed by atoms with van der Waals surface area (Å²) in [5, 5.41) is 4.75. The predicted molar refractivity (Wildman–Crippen MR) is 137 cm³/mol. The Morgan fingerprint density at radius 1 is 1.12 bits per heavy atom. The van der Waals surface area contributed by atoms with Gasteiger partial charge in [0.2, 0.25) is 23.5 Å². The van der Waals surface area contributed by atoms with Gasteiger partial charge in [0.15, 0.2) is 0 Å². The van der Waals surface area contributed by atoms with Crippen LogP contribution in [0.3, 0.4) is 0 Å². The molecule has 1 aromatic rings. The molecule has 1 aliphatic rings. The molecule has 2 heterocycles. The highest BCUT2D eigenvalue weighted by atomic mass is 19.4. The lowest BCUT2D eigenvalue weighted by molar-refractivity contribution is -0.276. The van der Waals surface area contributed by atoms with Gasteiger partial charge in [0.25, 0.3) is 0 Å². The molecule has 2 atom stereocenters. The number of amides is 3. The number of halogens is 5. The molecular weight excluding hydrogens is 555 g/mol. The fourth-order valence-electron chi connectivity index (χ4n) is 4.47. The largest absolute Gasteiger partial charge is 0.461 e. The zero-order chi connectivity index (χ0) is 31.1. The van der Waals surface area contributed by atoms with Crippen LogP contribution in [-0.2, 0) is 30.3 Å². The minimum atomic E-state index is -6.08. The number of hydrogen-bond acceptors (Lipinski definition) is 7. The lowest BCUT2D eigenvalue weighted by Crippen LogP contribution is -2.54. The summed E-state index contributed by atoms with van der Waals surface area (Å²) in [6.45, 7) is 6.51. The van der Waals surface area contributed by atoms with Crippen LogP contribution in [0.1, 0.15) is 59.4 Å². The zero-order valence-electron chi connectivity index (χ0n) is 23.5. The number of imide groups is 1. The summed E-state index contributed by atoms with van der Waals surface area (Å²) in [4.78, 5) is 55.2. The normalized spacial score (nSPS) is 17.3. The molecule has 228 valence electrons. The second kappa shape index (κ2) is 13.9. The van der Waals surface area contributed by atoms with Gasteiger partial charge >= 0.3 is 18.1 Å². The Bertz CT molecular complexity index is 1140. The van der Waals surface area contributed by atoms with Crippen LogP contribution < -0.4 is 10.6 Å². The number of hydrogen-bond donors (Lipinski definition) is 2. The molecule has 41 heavy (non-hydrogen) atoms. The number of alkyl halides is 5. The molecule has 0 radical (unpaired) electrons. The number of aromatic nitrogens is 1. The average Bonchev–Trinajstić information content (AvgIpc) is 3.34. The third kappa shape index (κ3) is 8.70. The summed E-state index contributed by atoms with van der Waals surface area (Å²) < 4.78 is 73.6. The third-order valence-corrected chi connectivity index (χ3v) is 6.41. The summed E-state index contributed by atoms with van der Waals surface area (Å²) >= 11 is 0. The van der Waals surface area contributed by atoms with Gasteiger partial charge in [-0.1, -0.05) is 33.8 Å². The number of pyridine rings is 1. The highest BCUT2D eigenvalue weighted by Gasteiger charge is 2.63. The molecular formula is C27H35F5N4O5. The first-order chi connectivity index (χ1) is 19.0. The lowest BCUT2D eigenvalue weighted by atomic mass is 10.0. The first-order valence-corrected chi connectivity index (χ1v) is 13.1. The maximum Gasteiger partial charge on any atom is 0.461 e. The van der Waals surface area contributed by atoms with Gasteiger partial charge in [-0.25, -0.2) is 0 Å². The Labute approximate surface area is 234 Å². The molecule has 1 aromatic heterocycles. The first kappa shape index (κ1) is 33.6. The van der Waals surface area contributed by atoms with Gasteiger partial charge in [-0.05, 0) is 42.7 Å². The summed E-state index contributed by atoms with van der Waals surface area (Å²) in [5.41, 5.74) is 0.139. The van der Waals surface area contributed by atoms with E-state index in [2.05, 4.69) is 20.4 Å². The van der Waals surface area contributed by atoms with Crippen molar-refractivity contribution in [2.45, 2.75) is 84.5 Å². The Hall–Kier alpha value is -3.58. The van der Waals surface area contributed by atoms with Crippen molar-refractivity contribution in [3.63, 3.8) is 0 Å². The van der Waals surface area contributed by atoms with Gasteiger partial charge in [0.1, 0.15) is 12.1 Å². The number of nitrogens with zero attached hydrogens (tertiary/aromatic N) is 2. The highest BCUT2D eigenvalue weighted by Crippen LogP contribution is 2.45. The number of aryl methyl sites for hydroxylation is 1. The molecule has 0 spiro atoms. The fraction of sp³-hybridized carbons (Fsp3) is 0.593. The maximum atomic E-state index is 14.6. The van der Waals surface area contributed by atoms with Crippen molar-refractivity contribution in [1.29, 1.82) is 0 Å². The van der Waals surface area contributed by atoms with Crippen molar-refractivity contribution in [3.8, 4) is 0 Å². The molecule has 2 N–H and O–H groups in total. The fourth-order valence-corrected chi connectivity index (χ4v) is 4.47. The molecule has 0 aliphatic carbocycles. The zero-order valence-corrected chi connectivity index (χ0v) is 23.5. The van der Waals surface area contributed by atoms with E-state index in [1.54, 1.807) is 38.4 Å². The second-order valence-corrected chi connectivity index (χ2v) is 10.4. The number of rotatable bonds is 11. The Morgan fingerprint density at radius 2 is 1.78 bits per heavy atom. The maximum absolute atomic E-state index is 14.6. The standard InChI is InChI=1S/C27H35F5N4O5/c1-15(2)21(34-20(38)11-10-18-8-6-12-33-14-18)25(40)35-24(39)19-9-7-13-36(19)22(16(3)4)23(41-17(5)37)26(28,29)27(30,31)32/h6,8,12,14-16,19,21H,7,9-11,13H2,1-5H3,(H,34,38)(H,35,39,40)/b23-22-/t19-,21-/m0/s1. The van der Waals surface area contributed by atoms with E-state index in [1.165, 1.54) is 13.8 Å². The van der Waals surface area contributed by atoms with Crippen molar-refractivity contribution in [3.05, 3.63) is 41.5 Å². The van der Waals surface area contributed by atoms with E-state index >= 15 is 0 Å². The van der Waals surface area contributed by atoms with E-state index in [-0.39, 0.29) is 25.8 Å². The number of likely N-dealkylation sites (tertiary alicyclic amines) is 1. The van der Waals surface area contributed by atoms with Crippen LogP contribution >= 0.6 is 0 Å². The summed E-state index contributed by atoms with van der Waals surface area (Å²) in [5.74, 6) is -12.6. The Morgan fingerprint density at radius 3 is 2.29 bits per heavy atom. The summed E-state index contributed by atoms with van der Waals surface area (Å²) in [7, 11) is 0. The molecule has 1 saturated heterocycles. The third-order valence-electron chi connectivity index (χ3n) is 6.41. The number of nitrogens with one attached hydrogen (secondary N) is 2. The van der Waals surface area contributed by atoms with E-state index in [1.807, 2.05) is 0 Å². The Balaban J connectivity index is 2.27. The molecule has 1 fully saturated rings. The quantitative estimate of drug-likeness (QED) is 0.228. The van der Waals surface area contributed by atoms with E-state index < -0.39 is 71.2 Å². The van der Waals surface area contributed by atoms with Gasteiger partial charge in [-0.3, -0.25) is 29.5 Å². The molecule has 0 aromatic carbocycles. The number of carbonyl (C=O) groups excluding carboxylic acids is 4. The van der Waals surface area contributed by atoms with E-state index in [0.29, 0.717) is 13.3 Å². The molecule has 0 unspecified atom stereocenters. The van der Waals surface area contributed by atoms with Crippen LogP contribution in [0.5, 0.6) is 0 Å². The van der Waals surface area contributed by atoms with Gasteiger partial charge in [0.05, 0.1) is 5.70 Å². The van der Waals surface area contributed by atoms with Crippen LogP contribution in [0.25, 0.3) is 0 Å². The smallest absolute Gasteiger partial charge is 0.422 e. The van der Waals surface area contributed by atoms with Crippen molar-refractivity contribution < 1.29 is 45.9 Å².